The molecule has 0 bridgehead atoms. The van der Waals surface area contributed by atoms with Gasteiger partial charge in [0.2, 0.25) is 0 Å². The SMILES string of the molecule is CCCCCCCCCCCCC(C(C)C)C(C)NCC. The number of nitrogens with one attached hydrogen (secondary N) is 1. The molecule has 2 unspecified atom stereocenters. The number of hydrogen-bond donors (Lipinski definition) is 1. The average Bonchev–Trinajstić information content (AvgIpc) is 2.44. The van der Waals surface area contributed by atoms with Gasteiger partial charge in [-0.3, -0.25) is 0 Å². The van der Waals surface area contributed by atoms with E-state index in [2.05, 4.69) is 39.9 Å². The van der Waals surface area contributed by atoms with Crippen molar-refractivity contribution in [3.05, 3.63) is 0 Å². The summed E-state index contributed by atoms with van der Waals surface area (Å²) in [5.74, 6) is 1.65. The normalized spacial score (nSPS) is 14.6. The molecule has 0 saturated carbocycles. The molecule has 0 rings (SSSR count). The van der Waals surface area contributed by atoms with Crippen molar-refractivity contribution < 1.29 is 0 Å². The zero-order valence-electron chi connectivity index (χ0n) is 15.7. The third-order valence-electron chi connectivity index (χ3n) is 4.92. The quantitative estimate of drug-likeness (QED) is 0.337. The Kier molecular flexibility index (Phi) is 14.9. The molecule has 2 atom stereocenters. The summed E-state index contributed by atoms with van der Waals surface area (Å²) in [6.07, 6.45) is 15.8. The lowest BCUT2D eigenvalue weighted by Crippen LogP contribution is -2.36. The Balaban J connectivity index is 3.50. The second kappa shape index (κ2) is 14.9. The summed E-state index contributed by atoms with van der Waals surface area (Å²) in [7, 11) is 0. The van der Waals surface area contributed by atoms with E-state index < -0.39 is 0 Å². The van der Waals surface area contributed by atoms with E-state index in [0.29, 0.717) is 6.04 Å². The molecule has 0 aromatic heterocycles. The molecule has 0 saturated heterocycles. The number of unbranched alkanes of at least 4 members (excludes halogenated alkanes) is 9. The van der Waals surface area contributed by atoms with Gasteiger partial charge in [0.05, 0.1) is 0 Å². The monoisotopic (exact) mass is 297 g/mol. The lowest BCUT2D eigenvalue weighted by Gasteiger charge is -2.28. The molecule has 21 heavy (non-hydrogen) atoms. The van der Waals surface area contributed by atoms with Crippen molar-refractivity contribution in [1.29, 1.82) is 0 Å². The van der Waals surface area contributed by atoms with Crippen LogP contribution in [0.25, 0.3) is 0 Å². The summed E-state index contributed by atoms with van der Waals surface area (Å²) in [6.45, 7) is 12.7. The van der Waals surface area contributed by atoms with Crippen LogP contribution in [0.3, 0.4) is 0 Å². The zero-order valence-corrected chi connectivity index (χ0v) is 15.7. The molecule has 0 heterocycles. The highest BCUT2D eigenvalue weighted by atomic mass is 14.9. The van der Waals surface area contributed by atoms with E-state index in [1.54, 1.807) is 0 Å². The fourth-order valence-corrected chi connectivity index (χ4v) is 3.50. The highest BCUT2D eigenvalue weighted by Crippen LogP contribution is 2.23. The molecule has 0 aromatic rings. The van der Waals surface area contributed by atoms with E-state index >= 15 is 0 Å². The summed E-state index contributed by atoms with van der Waals surface area (Å²) in [5, 5.41) is 3.61. The van der Waals surface area contributed by atoms with Gasteiger partial charge in [-0.25, -0.2) is 0 Å². The Morgan fingerprint density at radius 1 is 0.667 bits per heavy atom. The van der Waals surface area contributed by atoms with E-state index in [0.717, 1.165) is 18.4 Å². The summed E-state index contributed by atoms with van der Waals surface area (Å²) in [5.41, 5.74) is 0. The van der Waals surface area contributed by atoms with Gasteiger partial charge >= 0.3 is 0 Å². The van der Waals surface area contributed by atoms with Crippen LogP contribution >= 0.6 is 0 Å². The Bertz CT molecular complexity index is 200. The molecular weight excluding hydrogens is 254 g/mol. The van der Waals surface area contributed by atoms with Crippen LogP contribution in [-0.4, -0.2) is 12.6 Å². The molecular formula is C20H43N. The van der Waals surface area contributed by atoms with Gasteiger partial charge in [-0.1, -0.05) is 91.9 Å². The molecule has 0 radical (unpaired) electrons. The second-order valence-electron chi connectivity index (χ2n) is 7.22. The lowest BCUT2D eigenvalue weighted by molar-refractivity contribution is 0.268. The first-order valence-electron chi connectivity index (χ1n) is 9.86. The molecule has 0 spiro atoms. The first-order valence-corrected chi connectivity index (χ1v) is 9.86. The van der Waals surface area contributed by atoms with Gasteiger partial charge in [0.1, 0.15) is 0 Å². The van der Waals surface area contributed by atoms with Crippen molar-refractivity contribution in [2.24, 2.45) is 11.8 Å². The second-order valence-corrected chi connectivity index (χ2v) is 7.22. The first-order chi connectivity index (χ1) is 10.1. The van der Waals surface area contributed by atoms with Crippen molar-refractivity contribution in [1.82, 2.24) is 5.32 Å². The molecule has 1 N–H and O–H groups in total. The molecule has 1 heteroatoms. The van der Waals surface area contributed by atoms with Gasteiger partial charge in [0, 0.05) is 6.04 Å². The minimum Gasteiger partial charge on any atom is -0.314 e. The predicted molar refractivity (Wildman–Crippen MR) is 97.9 cm³/mol. The molecule has 0 aromatic carbocycles. The van der Waals surface area contributed by atoms with Crippen molar-refractivity contribution in [2.45, 2.75) is 111 Å². The lowest BCUT2D eigenvalue weighted by atomic mass is 9.84. The van der Waals surface area contributed by atoms with Crippen LogP contribution in [0.15, 0.2) is 0 Å². The Morgan fingerprint density at radius 3 is 1.57 bits per heavy atom. The van der Waals surface area contributed by atoms with Gasteiger partial charge < -0.3 is 5.32 Å². The molecule has 0 aliphatic carbocycles. The van der Waals surface area contributed by atoms with Crippen LogP contribution in [0, 0.1) is 11.8 Å². The maximum absolute atomic E-state index is 3.61. The van der Waals surface area contributed by atoms with Crippen LogP contribution in [0.5, 0.6) is 0 Å². The van der Waals surface area contributed by atoms with Crippen LogP contribution < -0.4 is 5.32 Å². The van der Waals surface area contributed by atoms with E-state index in [4.69, 9.17) is 0 Å². The molecule has 0 aliphatic heterocycles. The van der Waals surface area contributed by atoms with Gasteiger partial charge in [0.15, 0.2) is 0 Å². The summed E-state index contributed by atoms with van der Waals surface area (Å²) in [6, 6.07) is 0.675. The van der Waals surface area contributed by atoms with Crippen LogP contribution in [-0.2, 0) is 0 Å². The third kappa shape index (κ3) is 12.2. The van der Waals surface area contributed by atoms with Gasteiger partial charge in [-0.05, 0) is 31.7 Å². The van der Waals surface area contributed by atoms with E-state index in [1.807, 2.05) is 0 Å². The standard InChI is InChI=1S/C20H43N/c1-6-8-9-10-11-12-13-14-15-16-17-20(18(3)4)19(5)21-7-2/h18-21H,6-17H2,1-5H3. The maximum atomic E-state index is 3.61. The molecule has 0 aliphatic rings. The number of rotatable bonds is 15. The van der Waals surface area contributed by atoms with E-state index in [-0.39, 0.29) is 0 Å². The average molecular weight is 298 g/mol. The van der Waals surface area contributed by atoms with E-state index in [1.165, 1.54) is 70.6 Å². The van der Waals surface area contributed by atoms with Crippen molar-refractivity contribution >= 4 is 0 Å². The molecule has 0 amide bonds. The van der Waals surface area contributed by atoms with Crippen LogP contribution in [0.2, 0.25) is 0 Å². The van der Waals surface area contributed by atoms with Gasteiger partial charge in [-0.15, -0.1) is 0 Å². The number of hydrogen-bond acceptors (Lipinski definition) is 1. The third-order valence-corrected chi connectivity index (χ3v) is 4.92. The van der Waals surface area contributed by atoms with E-state index in [9.17, 15) is 0 Å². The van der Waals surface area contributed by atoms with Crippen molar-refractivity contribution in [3.8, 4) is 0 Å². The minimum atomic E-state index is 0.675. The van der Waals surface area contributed by atoms with Gasteiger partial charge in [0.25, 0.3) is 0 Å². The maximum Gasteiger partial charge on any atom is 0.00693 e. The largest absolute Gasteiger partial charge is 0.314 e. The minimum absolute atomic E-state index is 0.675. The Morgan fingerprint density at radius 2 is 1.14 bits per heavy atom. The highest BCUT2D eigenvalue weighted by molar-refractivity contribution is 4.74. The Labute approximate surface area is 135 Å². The smallest absolute Gasteiger partial charge is 0.00693 e. The summed E-state index contributed by atoms with van der Waals surface area (Å²) in [4.78, 5) is 0. The van der Waals surface area contributed by atoms with Crippen LogP contribution in [0.4, 0.5) is 0 Å². The van der Waals surface area contributed by atoms with Crippen molar-refractivity contribution in [3.63, 3.8) is 0 Å². The topological polar surface area (TPSA) is 12.0 Å². The molecule has 1 nitrogen and oxygen atoms in total. The fraction of sp³-hybridized carbons (Fsp3) is 1.00. The molecule has 128 valence electrons. The summed E-state index contributed by atoms with van der Waals surface area (Å²) < 4.78 is 0. The van der Waals surface area contributed by atoms with Crippen LogP contribution in [0.1, 0.15) is 105 Å². The highest BCUT2D eigenvalue weighted by Gasteiger charge is 2.19. The van der Waals surface area contributed by atoms with Crippen molar-refractivity contribution in [2.75, 3.05) is 6.54 Å². The fourth-order valence-electron chi connectivity index (χ4n) is 3.50. The Hall–Kier alpha value is -0.0400. The summed E-state index contributed by atoms with van der Waals surface area (Å²) >= 11 is 0. The van der Waals surface area contributed by atoms with Gasteiger partial charge in [-0.2, -0.15) is 0 Å². The first kappa shape index (κ1) is 21.0. The predicted octanol–water partition coefficient (Wildman–Crippen LogP) is 6.57. The molecule has 0 fully saturated rings. The zero-order chi connectivity index (χ0) is 15.9.